The van der Waals surface area contributed by atoms with Gasteiger partial charge in [0.15, 0.2) is 0 Å². The van der Waals surface area contributed by atoms with Crippen LogP contribution in [0.1, 0.15) is 136 Å². The van der Waals surface area contributed by atoms with Gasteiger partial charge >= 0.3 is 0 Å². The Morgan fingerprint density at radius 3 is 2.10 bits per heavy atom. The molecule has 0 aromatic heterocycles. The average Bonchev–Trinajstić information content (AvgIpc) is 3.87. The molecule has 3 saturated heterocycles. The molecule has 3 heterocycles. The number of unbranched alkanes of at least 4 members (excludes halogenated alkanes) is 5. The van der Waals surface area contributed by atoms with Gasteiger partial charge in [0.25, 0.3) is 0 Å². The van der Waals surface area contributed by atoms with Crippen LogP contribution in [-0.2, 0) is 44.8 Å². The largest absolute Gasteiger partial charge is 0.508 e. The van der Waals surface area contributed by atoms with Crippen molar-refractivity contribution in [1.82, 2.24) is 36.4 Å². The Hall–Kier alpha value is -5.38. The van der Waals surface area contributed by atoms with Crippen molar-refractivity contribution < 1.29 is 63.9 Å². The standard InChI is InChI=1S/C51H82N8O13/c1-6-29(2)24-30(3)14-11-9-7-8-10-12-16-41(65)54-36-15-13-23-53-49(70)44-45(66)31(4)27-59(44)51(72)43(39(63)26-40(52)64)57-47(68)37(22-19-33-17-20-34(61)21-18-33)55-48(69)38-25-35(62)28-58(38)50(71)42(32(5)60)56-46(36)67/h17-18,20-21,29-32,35-39,42-45,60-63,66H,6-16,19,22-28H2,1-5H3,(H2,52,64)(H,53,70)(H,54,65)(H,55,69)(H,56,67)(H,57,68)/t29?,30?,31-,32+,35+,36+,37?,38?,39+,42?,43?,44?,45-/m0/s1. The second kappa shape index (κ2) is 28.8. The highest BCUT2D eigenvalue weighted by atomic mass is 16.3. The van der Waals surface area contributed by atoms with E-state index in [-0.39, 0.29) is 57.4 Å². The number of phenols is 1. The summed E-state index contributed by atoms with van der Waals surface area (Å²) in [6.45, 7) is 8.90. The van der Waals surface area contributed by atoms with Crippen molar-refractivity contribution >= 4 is 47.3 Å². The van der Waals surface area contributed by atoms with Crippen LogP contribution in [0.25, 0.3) is 0 Å². The molecule has 1 aromatic rings. The van der Waals surface area contributed by atoms with Crippen LogP contribution in [0, 0.1) is 17.8 Å². The van der Waals surface area contributed by atoms with E-state index in [0.717, 1.165) is 47.8 Å². The molecule has 3 aliphatic heterocycles. The summed E-state index contributed by atoms with van der Waals surface area (Å²) in [4.78, 5) is 113. The summed E-state index contributed by atoms with van der Waals surface area (Å²) < 4.78 is 0. The molecule has 3 fully saturated rings. The number of nitrogens with one attached hydrogen (secondary N) is 5. The highest BCUT2D eigenvalue weighted by Crippen LogP contribution is 2.27. The van der Waals surface area contributed by atoms with Crippen LogP contribution in [0.4, 0.5) is 0 Å². The summed E-state index contributed by atoms with van der Waals surface area (Å²) in [5.41, 5.74) is 6.02. The first-order valence-electron chi connectivity index (χ1n) is 26.0. The number of rotatable bonds is 20. The molecule has 0 bridgehead atoms. The zero-order chi connectivity index (χ0) is 53.2. The van der Waals surface area contributed by atoms with Gasteiger partial charge in [-0.15, -0.1) is 0 Å². The van der Waals surface area contributed by atoms with Crippen LogP contribution in [-0.4, -0.2) is 163 Å². The van der Waals surface area contributed by atoms with E-state index in [4.69, 9.17) is 5.73 Å². The fourth-order valence-corrected chi connectivity index (χ4v) is 9.88. The molecule has 21 heteroatoms. The number of amides is 8. The lowest BCUT2D eigenvalue weighted by Gasteiger charge is -2.33. The molecular formula is C51H82N8O13. The van der Waals surface area contributed by atoms with Gasteiger partial charge in [0.05, 0.1) is 30.8 Å². The average molecular weight is 1020 g/mol. The molecule has 4 rings (SSSR count). The Labute approximate surface area is 423 Å². The molecule has 8 amide bonds. The lowest BCUT2D eigenvalue weighted by molar-refractivity contribution is -0.147. The van der Waals surface area contributed by atoms with Gasteiger partial charge in [-0.3, -0.25) is 38.4 Å². The van der Waals surface area contributed by atoms with Crippen LogP contribution in [0.15, 0.2) is 24.3 Å². The van der Waals surface area contributed by atoms with Gasteiger partial charge in [0, 0.05) is 38.4 Å². The number of carbonyl (C=O) groups excluding carboxylic acids is 8. The van der Waals surface area contributed by atoms with Crippen molar-refractivity contribution in [3.63, 3.8) is 0 Å². The molecule has 7 unspecified atom stereocenters. The highest BCUT2D eigenvalue weighted by molar-refractivity contribution is 5.98. The summed E-state index contributed by atoms with van der Waals surface area (Å²) >= 11 is 0. The summed E-state index contributed by atoms with van der Waals surface area (Å²) in [6, 6.07) is -3.41. The Bertz CT molecular complexity index is 1990. The third-order valence-corrected chi connectivity index (χ3v) is 14.3. The Balaban J connectivity index is 1.62. The Morgan fingerprint density at radius 2 is 1.44 bits per heavy atom. The number of nitrogens with zero attached hydrogens (tertiary/aromatic N) is 2. The van der Waals surface area contributed by atoms with Crippen LogP contribution in [0.2, 0.25) is 0 Å². The number of benzene rings is 1. The van der Waals surface area contributed by atoms with Crippen LogP contribution >= 0.6 is 0 Å². The summed E-state index contributed by atoms with van der Waals surface area (Å²) in [6.07, 6.45) is 1.94. The number of nitrogens with two attached hydrogens (primary N) is 1. The molecule has 0 saturated carbocycles. The van der Waals surface area contributed by atoms with Crippen molar-refractivity contribution in [2.75, 3.05) is 19.6 Å². The zero-order valence-electron chi connectivity index (χ0n) is 42.7. The van der Waals surface area contributed by atoms with E-state index in [2.05, 4.69) is 47.4 Å². The quantitative estimate of drug-likeness (QED) is 0.0777. The number of aryl methyl sites for hydroxylation is 1. The van der Waals surface area contributed by atoms with Gasteiger partial charge in [-0.25, -0.2) is 0 Å². The maximum absolute atomic E-state index is 14.5. The molecule has 12 N–H and O–H groups in total. The van der Waals surface area contributed by atoms with Crippen molar-refractivity contribution in [1.29, 1.82) is 0 Å². The van der Waals surface area contributed by atoms with E-state index < -0.39 is 127 Å². The van der Waals surface area contributed by atoms with Gasteiger partial charge < -0.3 is 67.7 Å². The lowest BCUT2D eigenvalue weighted by Crippen LogP contribution is -2.62. The predicted molar refractivity (Wildman–Crippen MR) is 265 cm³/mol. The minimum Gasteiger partial charge on any atom is -0.508 e. The maximum Gasteiger partial charge on any atom is 0.248 e. The summed E-state index contributed by atoms with van der Waals surface area (Å²) in [5, 5.41) is 67.1. The second-order valence-electron chi connectivity index (χ2n) is 20.6. The fraction of sp³-hybridized carbons (Fsp3) is 0.725. The third kappa shape index (κ3) is 17.7. The minimum atomic E-state index is -1.94. The molecular weight excluding hydrogens is 933 g/mol. The molecule has 13 atom stereocenters. The van der Waals surface area contributed by atoms with Crippen LogP contribution in [0.3, 0.4) is 0 Å². The van der Waals surface area contributed by atoms with Crippen molar-refractivity contribution in [3.8, 4) is 5.75 Å². The fourth-order valence-electron chi connectivity index (χ4n) is 9.88. The number of primary amides is 1. The maximum atomic E-state index is 14.5. The van der Waals surface area contributed by atoms with Gasteiger partial charge in [0.2, 0.25) is 47.3 Å². The Kier molecular flexibility index (Phi) is 23.6. The van der Waals surface area contributed by atoms with Crippen molar-refractivity contribution in [2.45, 2.75) is 198 Å². The van der Waals surface area contributed by atoms with E-state index in [9.17, 15) is 63.9 Å². The first-order valence-corrected chi connectivity index (χ1v) is 26.0. The third-order valence-electron chi connectivity index (χ3n) is 14.3. The van der Waals surface area contributed by atoms with E-state index in [0.29, 0.717) is 17.9 Å². The number of fused-ring (bicyclic) bond motifs is 2. The van der Waals surface area contributed by atoms with Crippen molar-refractivity contribution in [3.05, 3.63) is 29.8 Å². The number of aliphatic hydroxyl groups is 4. The topological polar surface area (TPSA) is 330 Å². The van der Waals surface area contributed by atoms with Gasteiger partial charge in [-0.1, -0.05) is 84.8 Å². The zero-order valence-corrected chi connectivity index (χ0v) is 42.7. The normalized spacial score (nSPS) is 27.8. The number of phenolic OH excluding ortho intramolecular Hbond substituents is 1. The highest BCUT2D eigenvalue weighted by Gasteiger charge is 2.49. The molecule has 0 spiro atoms. The SMILES string of the molecule is CCC(C)CC(C)CCCCCCCCC(=O)N[C@@H]1CCCNC(=O)C2[C@@H](O)[C@@H](C)CN2C(=O)C([C@H](O)CC(N)=O)NC(=O)C(CCc2ccc(O)cc2)NC(=O)C2C[C@@H](O)CN2C(=O)C([C@@H](C)O)NC1=O. The molecule has 1 aromatic carbocycles. The van der Waals surface area contributed by atoms with E-state index in [1.54, 1.807) is 19.1 Å². The number of aliphatic hydroxyl groups excluding tert-OH is 4. The predicted octanol–water partition coefficient (Wildman–Crippen LogP) is 0.154. The van der Waals surface area contributed by atoms with E-state index >= 15 is 0 Å². The van der Waals surface area contributed by atoms with Gasteiger partial charge in [-0.05, 0) is 75.0 Å². The number of aromatic hydroxyl groups is 1. The van der Waals surface area contributed by atoms with Gasteiger partial charge in [-0.2, -0.15) is 0 Å². The van der Waals surface area contributed by atoms with E-state index in [1.165, 1.54) is 38.3 Å². The smallest absolute Gasteiger partial charge is 0.248 e. The number of hydrogen-bond acceptors (Lipinski definition) is 13. The molecule has 72 heavy (non-hydrogen) atoms. The summed E-state index contributed by atoms with van der Waals surface area (Å²) in [5.74, 6) is -6.38. The summed E-state index contributed by atoms with van der Waals surface area (Å²) in [7, 11) is 0. The first kappa shape index (κ1) is 59.2. The second-order valence-corrected chi connectivity index (χ2v) is 20.6. The number of hydrogen-bond donors (Lipinski definition) is 11. The molecule has 404 valence electrons. The monoisotopic (exact) mass is 1010 g/mol. The molecule has 0 aliphatic carbocycles. The van der Waals surface area contributed by atoms with Crippen LogP contribution in [0.5, 0.6) is 5.75 Å². The van der Waals surface area contributed by atoms with Gasteiger partial charge in [0.1, 0.15) is 42.0 Å². The molecule has 21 nitrogen and oxygen atoms in total. The first-order chi connectivity index (χ1) is 34.1. The van der Waals surface area contributed by atoms with Crippen molar-refractivity contribution in [2.24, 2.45) is 23.5 Å². The molecule has 0 radical (unpaired) electrons. The lowest BCUT2D eigenvalue weighted by atomic mass is 9.91. The Morgan fingerprint density at radius 1 is 0.806 bits per heavy atom. The minimum absolute atomic E-state index is 0.0305. The van der Waals surface area contributed by atoms with Crippen LogP contribution < -0.4 is 32.3 Å². The number of carbonyl (C=O) groups is 8. The van der Waals surface area contributed by atoms with E-state index in [1.807, 2.05) is 0 Å². The molecule has 3 aliphatic rings.